The number of nitrogens with two attached hydrogens (primary N) is 1. The summed E-state index contributed by atoms with van der Waals surface area (Å²) in [6.07, 6.45) is 0. The van der Waals surface area contributed by atoms with Crippen LogP contribution >= 0.6 is 15.9 Å². The summed E-state index contributed by atoms with van der Waals surface area (Å²) in [5, 5.41) is 12.1. The van der Waals surface area contributed by atoms with Gasteiger partial charge in [0.15, 0.2) is 11.7 Å². The molecule has 0 radical (unpaired) electrons. The van der Waals surface area contributed by atoms with Crippen molar-refractivity contribution in [3.8, 4) is 11.6 Å². The highest BCUT2D eigenvalue weighted by molar-refractivity contribution is 9.10. The highest BCUT2D eigenvalue weighted by atomic mass is 79.9. The molecule has 0 fully saturated rings. The summed E-state index contributed by atoms with van der Waals surface area (Å²) in [4.78, 5) is 4.26. The minimum atomic E-state index is -1.24. The third kappa shape index (κ3) is 5.63. The third-order valence-corrected chi connectivity index (χ3v) is 7.05. The number of fused-ring (bicyclic) bond motifs is 1. The van der Waals surface area contributed by atoms with Gasteiger partial charge in [-0.05, 0) is 46.6 Å². The van der Waals surface area contributed by atoms with Crippen LogP contribution in [0.5, 0.6) is 11.6 Å². The standard InChI is InChI=1S/C21H26BrFN4O3Si/c1-13-5-6-14(9-15(13)21(24)26-28)30-19-11-17-18(10-16(23)20(22)25-17)27(19)12-29-7-8-31(2,3)4/h5-6,9-11,28H,7-8,12H2,1-4H3,(H2,24,26). The summed E-state index contributed by atoms with van der Waals surface area (Å²) in [5.41, 5.74) is 8.29. The molecule has 10 heteroatoms. The van der Waals surface area contributed by atoms with Gasteiger partial charge in [0.1, 0.15) is 17.1 Å². The van der Waals surface area contributed by atoms with Gasteiger partial charge in [-0.15, -0.1) is 0 Å². The molecule has 1 aromatic carbocycles. The van der Waals surface area contributed by atoms with Crippen molar-refractivity contribution >= 4 is 40.9 Å². The number of benzene rings is 1. The van der Waals surface area contributed by atoms with E-state index in [4.69, 9.17) is 20.4 Å². The topological polar surface area (TPSA) is 94.9 Å². The molecule has 0 atom stereocenters. The number of hydrogen-bond donors (Lipinski definition) is 2. The lowest BCUT2D eigenvalue weighted by molar-refractivity contribution is 0.0858. The molecule has 166 valence electrons. The Hall–Kier alpha value is -2.43. The lowest BCUT2D eigenvalue weighted by Gasteiger charge is -2.17. The Kier molecular flexibility index (Phi) is 7.02. The number of aromatic nitrogens is 2. The molecule has 0 aliphatic rings. The number of halogens is 2. The molecule has 31 heavy (non-hydrogen) atoms. The Bertz CT molecular complexity index is 1130. The summed E-state index contributed by atoms with van der Waals surface area (Å²) in [6.45, 7) is 9.50. The molecule has 0 unspecified atom stereocenters. The summed E-state index contributed by atoms with van der Waals surface area (Å²) in [7, 11) is -1.24. The van der Waals surface area contributed by atoms with Crippen LogP contribution in [0.15, 0.2) is 40.1 Å². The van der Waals surface area contributed by atoms with E-state index >= 15 is 0 Å². The quantitative estimate of drug-likeness (QED) is 0.0802. The molecule has 0 amide bonds. The van der Waals surface area contributed by atoms with Gasteiger partial charge in [-0.3, -0.25) is 4.57 Å². The van der Waals surface area contributed by atoms with Gasteiger partial charge in [-0.1, -0.05) is 30.9 Å². The summed E-state index contributed by atoms with van der Waals surface area (Å²) in [6, 6.07) is 9.42. The van der Waals surface area contributed by atoms with Crippen molar-refractivity contribution in [2.45, 2.75) is 39.3 Å². The predicted octanol–water partition coefficient (Wildman–Crippen LogP) is 5.45. The first-order valence-corrected chi connectivity index (χ1v) is 14.3. The first kappa shape index (κ1) is 23.2. The molecule has 0 spiro atoms. The Morgan fingerprint density at radius 2 is 2.03 bits per heavy atom. The van der Waals surface area contributed by atoms with E-state index in [0.29, 0.717) is 34.8 Å². The van der Waals surface area contributed by atoms with Gasteiger partial charge in [0.25, 0.3) is 0 Å². The van der Waals surface area contributed by atoms with Gasteiger partial charge >= 0.3 is 0 Å². The second-order valence-electron chi connectivity index (χ2n) is 8.49. The van der Waals surface area contributed by atoms with Crippen molar-refractivity contribution in [1.29, 1.82) is 0 Å². The van der Waals surface area contributed by atoms with Gasteiger partial charge in [0.05, 0.1) is 11.0 Å². The Morgan fingerprint density at radius 1 is 1.29 bits per heavy atom. The number of rotatable bonds is 8. The molecule has 7 nitrogen and oxygen atoms in total. The monoisotopic (exact) mass is 508 g/mol. The van der Waals surface area contributed by atoms with E-state index in [9.17, 15) is 4.39 Å². The normalized spacial score (nSPS) is 12.5. The van der Waals surface area contributed by atoms with Gasteiger partial charge in [0, 0.05) is 32.4 Å². The van der Waals surface area contributed by atoms with Crippen molar-refractivity contribution < 1.29 is 19.1 Å². The maximum atomic E-state index is 14.2. The number of hydrogen-bond acceptors (Lipinski definition) is 5. The highest BCUT2D eigenvalue weighted by Crippen LogP contribution is 2.31. The van der Waals surface area contributed by atoms with E-state index in [1.807, 2.05) is 13.0 Å². The number of nitrogens with zero attached hydrogens (tertiary/aromatic N) is 3. The maximum Gasteiger partial charge on any atom is 0.204 e. The van der Waals surface area contributed by atoms with Gasteiger partial charge < -0.3 is 20.4 Å². The van der Waals surface area contributed by atoms with Crippen molar-refractivity contribution in [3.63, 3.8) is 0 Å². The number of ether oxygens (including phenoxy) is 2. The van der Waals surface area contributed by atoms with E-state index in [-0.39, 0.29) is 17.2 Å². The molecule has 0 aliphatic carbocycles. The zero-order chi connectivity index (χ0) is 22.8. The molecule has 0 aliphatic heterocycles. The fourth-order valence-corrected chi connectivity index (χ4v) is 4.04. The smallest absolute Gasteiger partial charge is 0.204 e. The van der Waals surface area contributed by atoms with E-state index in [1.54, 1.807) is 22.8 Å². The molecule has 0 bridgehead atoms. The Balaban J connectivity index is 1.95. The Labute approximate surface area is 189 Å². The van der Waals surface area contributed by atoms with Crippen LogP contribution in [0.4, 0.5) is 4.39 Å². The van der Waals surface area contributed by atoms with Crippen LogP contribution in [-0.4, -0.2) is 35.3 Å². The van der Waals surface area contributed by atoms with Crippen molar-refractivity contribution in [3.05, 3.63) is 51.9 Å². The average molecular weight is 509 g/mol. The van der Waals surface area contributed by atoms with Gasteiger partial charge in [0.2, 0.25) is 5.88 Å². The zero-order valence-corrected chi connectivity index (χ0v) is 20.5. The van der Waals surface area contributed by atoms with Crippen LogP contribution in [0.2, 0.25) is 25.7 Å². The van der Waals surface area contributed by atoms with E-state index in [2.05, 4.69) is 45.7 Å². The lowest BCUT2D eigenvalue weighted by atomic mass is 10.1. The zero-order valence-electron chi connectivity index (χ0n) is 17.9. The van der Waals surface area contributed by atoms with Crippen LogP contribution in [0.25, 0.3) is 11.0 Å². The molecule has 3 rings (SSSR count). The van der Waals surface area contributed by atoms with E-state index < -0.39 is 13.9 Å². The molecule has 2 heterocycles. The van der Waals surface area contributed by atoms with Gasteiger partial charge in [-0.25, -0.2) is 9.37 Å². The minimum absolute atomic E-state index is 0.00848. The average Bonchev–Trinajstić information content (AvgIpc) is 3.01. The molecule has 2 aromatic heterocycles. The summed E-state index contributed by atoms with van der Waals surface area (Å²) >= 11 is 3.13. The molecule has 3 N–H and O–H groups in total. The van der Waals surface area contributed by atoms with Crippen LogP contribution in [-0.2, 0) is 11.5 Å². The number of amidine groups is 1. The third-order valence-electron chi connectivity index (χ3n) is 4.79. The van der Waals surface area contributed by atoms with E-state index in [0.717, 1.165) is 11.6 Å². The summed E-state index contributed by atoms with van der Waals surface area (Å²) in [5.74, 6) is 0.455. The maximum absolute atomic E-state index is 14.2. The van der Waals surface area contributed by atoms with Crippen molar-refractivity contribution in [2.75, 3.05) is 6.61 Å². The van der Waals surface area contributed by atoms with Crippen molar-refractivity contribution in [2.24, 2.45) is 10.9 Å². The van der Waals surface area contributed by atoms with Crippen LogP contribution in [0, 0.1) is 12.7 Å². The molecule has 0 saturated carbocycles. The first-order chi connectivity index (χ1) is 14.6. The second-order valence-corrected chi connectivity index (χ2v) is 14.9. The van der Waals surface area contributed by atoms with Crippen LogP contribution in [0.3, 0.4) is 0 Å². The lowest BCUT2D eigenvalue weighted by Crippen LogP contribution is -2.22. The minimum Gasteiger partial charge on any atom is -0.441 e. The largest absolute Gasteiger partial charge is 0.441 e. The molecular weight excluding hydrogens is 483 g/mol. The van der Waals surface area contributed by atoms with Gasteiger partial charge in [-0.2, -0.15) is 0 Å². The van der Waals surface area contributed by atoms with Crippen LogP contribution < -0.4 is 10.5 Å². The summed E-state index contributed by atoms with van der Waals surface area (Å²) < 4.78 is 28.0. The fourth-order valence-electron chi connectivity index (χ4n) is 2.97. The van der Waals surface area contributed by atoms with Crippen LogP contribution in [0.1, 0.15) is 11.1 Å². The Morgan fingerprint density at radius 3 is 2.71 bits per heavy atom. The second kappa shape index (κ2) is 9.37. The van der Waals surface area contributed by atoms with Crippen molar-refractivity contribution in [1.82, 2.24) is 9.55 Å². The molecular formula is C21H26BrFN4O3Si. The number of aryl methyl sites for hydroxylation is 1. The molecule has 0 saturated heterocycles. The SMILES string of the molecule is Cc1ccc(Oc2cc3nc(Br)c(F)cc3n2COCC[Si](C)(C)C)cc1/C(N)=N/O. The first-order valence-electron chi connectivity index (χ1n) is 9.78. The fraction of sp³-hybridized carbons (Fsp3) is 0.333. The number of oxime groups is 1. The molecule has 3 aromatic rings. The van der Waals surface area contributed by atoms with E-state index in [1.165, 1.54) is 6.07 Å². The predicted molar refractivity (Wildman–Crippen MR) is 125 cm³/mol. The number of pyridine rings is 1. The highest BCUT2D eigenvalue weighted by Gasteiger charge is 2.17.